The van der Waals surface area contributed by atoms with Gasteiger partial charge in [0, 0.05) is 31.6 Å². The number of ether oxygens (including phenoxy) is 1. The number of carbonyl (C=O) groups excluding carboxylic acids is 4. The van der Waals surface area contributed by atoms with Crippen LogP contribution in [-0.2, 0) is 31.5 Å². The number of methoxy groups -OCH3 is 1. The summed E-state index contributed by atoms with van der Waals surface area (Å²) < 4.78 is 86.9. The van der Waals surface area contributed by atoms with Crippen molar-refractivity contribution in [2.75, 3.05) is 31.2 Å². The van der Waals surface area contributed by atoms with Gasteiger partial charge in [0.25, 0.3) is 23.6 Å². The molecule has 55 heavy (non-hydrogen) atoms. The van der Waals surface area contributed by atoms with Gasteiger partial charge in [-0.3, -0.25) is 29.2 Å². The van der Waals surface area contributed by atoms with Crippen molar-refractivity contribution in [2.45, 2.75) is 31.1 Å². The fraction of sp³-hybridized carbons (Fsp3) is 0.371. The Balaban J connectivity index is 1.30. The number of hydrogen-bond acceptors (Lipinski definition) is 10. The van der Waals surface area contributed by atoms with Crippen LogP contribution in [0.15, 0.2) is 54.1 Å². The van der Waals surface area contributed by atoms with Crippen molar-refractivity contribution in [2.24, 2.45) is 29.6 Å². The van der Waals surface area contributed by atoms with Crippen molar-refractivity contribution < 1.29 is 55.4 Å². The van der Waals surface area contributed by atoms with Crippen LogP contribution in [0.5, 0.6) is 11.5 Å². The van der Waals surface area contributed by atoms with Crippen LogP contribution in [-0.4, -0.2) is 69.9 Å². The molecule has 0 bridgehead atoms. The van der Waals surface area contributed by atoms with Crippen LogP contribution in [0.25, 0.3) is 0 Å². The fourth-order valence-corrected chi connectivity index (χ4v) is 8.69. The van der Waals surface area contributed by atoms with Gasteiger partial charge in [-0.25, -0.2) is 9.97 Å². The number of hydrazine groups is 2. The molecule has 2 aliphatic heterocycles. The molecule has 1 N–H and O–H groups in total. The molecule has 4 heterocycles. The summed E-state index contributed by atoms with van der Waals surface area (Å²) in [6, 6.07) is 7.40. The van der Waals surface area contributed by atoms with Gasteiger partial charge in [-0.15, -0.1) is 0 Å². The monoisotopic (exact) mass is 812 g/mol. The highest BCUT2D eigenvalue weighted by atomic mass is 35.5. The van der Waals surface area contributed by atoms with Crippen molar-refractivity contribution in [1.82, 2.24) is 20.0 Å². The Hall–Kier alpha value is -5.10. The molecule has 3 aromatic rings. The molecule has 0 unspecified atom stereocenters. The summed E-state index contributed by atoms with van der Waals surface area (Å²) in [5.74, 6) is -11.2. The number of alkyl halides is 6. The number of pyridine rings is 2. The van der Waals surface area contributed by atoms with Gasteiger partial charge in [0.05, 0.1) is 40.8 Å². The van der Waals surface area contributed by atoms with E-state index in [0.717, 1.165) is 36.2 Å². The van der Waals surface area contributed by atoms with Crippen LogP contribution in [0.1, 0.15) is 35.7 Å². The average molecular weight is 814 g/mol. The van der Waals surface area contributed by atoms with Crippen molar-refractivity contribution in [1.29, 1.82) is 0 Å². The lowest BCUT2D eigenvalue weighted by Crippen LogP contribution is -2.46. The van der Waals surface area contributed by atoms with E-state index in [9.17, 15) is 50.6 Å². The van der Waals surface area contributed by atoms with Crippen molar-refractivity contribution in [3.05, 3.63) is 81.1 Å². The molecule has 290 valence electrons. The first kappa shape index (κ1) is 38.2. The first-order valence-electron chi connectivity index (χ1n) is 16.5. The third-order valence-corrected chi connectivity index (χ3v) is 11.2. The molecule has 1 aromatic carbocycles. The van der Waals surface area contributed by atoms with Gasteiger partial charge >= 0.3 is 12.4 Å². The molecule has 2 saturated heterocycles. The maximum atomic E-state index is 14.4. The van der Waals surface area contributed by atoms with E-state index in [0.29, 0.717) is 27.7 Å². The van der Waals surface area contributed by atoms with Crippen LogP contribution in [0, 0.1) is 29.6 Å². The van der Waals surface area contributed by atoms with Gasteiger partial charge in [-0.05, 0) is 49.1 Å². The standard InChI is InChI=1S/C35H28Cl2F6N6O6/c1-46(28-20(36)8-10-23(44-28)34(38,39)40)48-30(51)17-7-6-15-18(26(17)32(48)53)13-19-27(25(15)16-5-4-14(55-3)12-22(16)50)33(54)49(31(19)52)47(2)29-21(37)9-11-24(45-29)35(41,42)43/h4-6,8-12,17-19,25-27,50H,7,13H2,1-3H3/t17-,18+,19+,25+,26-,27+/m0/s1. The van der Waals surface area contributed by atoms with Gasteiger partial charge in [0.2, 0.25) is 0 Å². The molecule has 1 saturated carbocycles. The van der Waals surface area contributed by atoms with E-state index >= 15 is 0 Å². The fourth-order valence-electron chi connectivity index (χ4n) is 8.23. The van der Waals surface area contributed by atoms with E-state index in [4.69, 9.17) is 27.9 Å². The quantitative estimate of drug-likeness (QED) is 0.172. The number of halogens is 8. The Morgan fingerprint density at radius 1 is 0.745 bits per heavy atom. The maximum Gasteiger partial charge on any atom is 0.433 e. The number of aromatic nitrogens is 2. The van der Waals surface area contributed by atoms with Crippen molar-refractivity contribution in [3.63, 3.8) is 0 Å². The highest BCUT2D eigenvalue weighted by Crippen LogP contribution is 2.59. The average Bonchev–Trinajstić information content (AvgIpc) is 3.53. The molecular weight excluding hydrogens is 785 g/mol. The zero-order chi connectivity index (χ0) is 40.0. The Labute approximate surface area is 317 Å². The molecule has 2 aliphatic carbocycles. The van der Waals surface area contributed by atoms with Crippen LogP contribution >= 0.6 is 23.2 Å². The molecular formula is C35H28Cl2F6N6O6. The van der Waals surface area contributed by atoms with E-state index < -0.39 is 94.5 Å². The van der Waals surface area contributed by atoms with E-state index in [1.807, 2.05) is 0 Å². The van der Waals surface area contributed by atoms with Gasteiger partial charge in [-0.2, -0.15) is 36.4 Å². The summed E-state index contributed by atoms with van der Waals surface area (Å²) in [4.78, 5) is 64.2. The summed E-state index contributed by atoms with van der Waals surface area (Å²) in [7, 11) is 3.66. The number of carbonyl (C=O) groups is 4. The minimum Gasteiger partial charge on any atom is -0.508 e. The zero-order valence-corrected chi connectivity index (χ0v) is 30.2. The lowest BCUT2D eigenvalue weighted by atomic mass is 9.57. The number of benzene rings is 1. The van der Waals surface area contributed by atoms with E-state index in [1.54, 1.807) is 6.08 Å². The lowest BCUT2D eigenvalue weighted by Gasteiger charge is -2.44. The minimum atomic E-state index is -4.89. The zero-order valence-electron chi connectivity index (χ0n) is 28.7. The van der Waals surface area contributed by atoms with E-state index in [-0.39, 0.29) is 39.9 Å². The molecule has 4 aliphatic rings. The number of anilines is 2. The Kier molecular flexibility index (Phi) is 9.22. The van der Waals surface area contributed by atoms with Crippen molar-refractivity contribution in [3.8, 4) is 11.5 Å². The van der Waals surface area contributed by atoms with E-state index in [2.05, 4.69) is 9.97 Å². The molecule has 0 radical (unpaired) electrons. The van der Waals surface area contributed by atoms with Gasteiger partial charge in [0.1, 0.15) is 22.9 Å². The second kappa shape index (κ2) is 13.3. The number of phenolic OH excluding ortho intramolecular Hbond substituents is 1. The second-order valence-electron chi connectivity index (χ2n) is 13.5. The van der Waals surface area contributed by atoms with Gasteiger partial charge in [0.15, 0.2) is 11.6 Å². The molecule has 20 heteroatoms. The van der Waals surface area contributed by atoms with Crippen LogP contribution in [0.2, 0.25) is 10.0 Å². The predicted octanol–water partition coefficient (Wildman–Crippen LogP) is 6.27. The van der Waals surface area contributed by atoms with Gasteiger partial charge < -0.3 is 9.84 Å². The molecule has 7 rings (SSSR count). The summed E-state index contributed by atoms with van der Waals surface area (Å²) in [6.45, 7) is 0. The highest BCUT2D eigenvalue weighted by Gasteiger charge is 2.63. The maximum absolute atomic E-state index is 14.4. The molecule has 0 spiro atoms. The third kappa shape index (κ3) is 6.09. The third-order valence-electron chi connectivity index (χ3n) is 10.6. The molecule has 2 aromatic heterocycles. The first-order valence-corrected chi connectivity index (χ1v) is 17.3. The van der Waals surface area contributed by atoms with Crippen LogP contribution < -0.4 is 14.8 Å². The topological polar surface area (TPSA) is 136 Å². The van der Waals surface area contributed by atoms with Crippen molar-refractivity contribution >= 4 is 58.5 Å². The molecule has 3 fully saturated rings. The predicted molar refractivity (Wildman–Crippen MR) is 181 cm³/mol. The number of aromatic hydroxyl groups is 1. The molecule has 12 nitrogen and oxygen atoms in total. The number of amides is 4. The molecule has 4 amide bonds. The normalized spacial score (nSPS) is 25.1. The van der Waals surface area contributed by atoms with Crippen LogP contribution in [0.3, 0.4) is 0 Å². The smallest absolute Gasteiger partial charge is 0.433 e. The number of allylic oxidation sites excluding steroid dienone is 2. The minimum absolute atomic E-state index is 0.0600. The summed E-state index contributed by atoms with van der Waals surface area (Å²) >= 11 is 12.4. The lowest BCUT2D eigenvalue weighted by molar-refractivity contribution is -0.143. The summed E-state index contributed by atoms with van der Waals surface area (Å²) in [5, 5.41) is 13.6. The number of imide groups is 2. The van der Waals surface area contributed by atoms with E-state index in [1.165, 1.54) is 25.3 Å². The first-order chi connectivity index (χ1) is 25.8. The van der Waals surface area contributed by atoms with Crippen LogP contribution in [0.4, 0.5) is 38.0 Å². The second-order valence-corrected chi connectivity index (χ2v) is 14.3. The largest absolute Gasteiger partial charge is 0.508 e. The summed E-state index contributed by atoms with van der Waals surface area (Å²) in [5.41, 5.74) is -2.05. The SMILES string of the molecule is COc1ccc([C@H]2C3=CC[C@@H]4C(=O)N(N(C)c5nc(C(F)(F)F)ccc5Cl)C(=O)[C@@H]4[C@@H]3C[C@H]3C(=O)N(N(C)c4nc(C(F)(F)F)ccc4Cl)C(=O)[C@@H]23)c(O)c1. The number of fused-ring (bicyclic) bond motifs is 4. The number of nitrogens with zero attached hydrogens (tertiary/aromatic N) is 6. The number of phenols is 1. The summed E-state index contributed by atoms with van der Waals surface area (Å²) in [6.07, 6.45) is -8.37. The van der Waals surface area contributed by atoms with Gasteiger partial charge in [-0.1, -0.05) is 40.9 Å². The Morgan fingerprint density at radius 3 is 1.75 bits per heavy atom. The highest BCUT2D eigenvalue weighted by molar-refractivity contribution is 6.33. The number of hydrogen-bond donors (Lipinski definition) is 1. The Bertz CT molecular complexity index is 2190. The number of rotatable bonds is 6. The Morgan fingerprint density at radius 2 is 1.25 bits per heavy atom. The molecule has 6 atom stereocenters.